The standard InChI is InChI=1S/C16H22N2/c1-11(15-4-3-7-17-10-15)18-12(2)16-9-13-5-6-14(16)8-13/h3-7,10-14,16,18H,8-9H2,1-2H3. The van der Waals surface area contributed by atoms with Crippen molar-refractivity contribution in [1.29, 1.82) is 0 Å². The summed E-state index contributed by atoms with van der Waals surface area (Å²) in [6.45, 7) is 4.57. The smallest absolute Gasteiger partial charge is 0.0315 e. The average Bonchev–Trinajstić information content (AvgIpc) is 3.02. The quantitative estimate of drug-likeness (QED) is 0.819. The summed E-state index contributed by atoms with van der Waals surface area (Å²) < 4.78 is 0. The Balaban J connectivity index is 1.61. The second kappa shape index (κ2) is 4.85. The first kappa shape index (κ1) is 11.9. The molecule has 1 N–H and O–H groups in total. The van der Waals surface area contributed by atoms with Crippen molar-refractivity contribution in [2.75, 3.05) is 0 Å². The molecule has 18 heavy (non-hydrogen) atoms. The van der Waals surface area contributed by atoms with Gasteiger partial charge in [-0.15, -0.1) is 0 Å². The third-order valence-corrected chi connectivity index (χ3v) is 4.67. The van der Waals surface area contributed by atoms with Crippen molar-refractivity contribution in [2.24, 2.45) is 17.8 Å². The van der Waals surface area contributed by atoms with Crippen molar-refractivity contribution in [3.05, 3.63) is 42.2 Å². The van der Waals surface area contributed by atoms with Crippen molar-refractivity contribution in [1.82, 2.24) is 10.3 Å². The minimum absolute atomic E-state index is 0.386. The van der Waals surface area contributed by atoms with Crippen molar-refractivity contribution in [2.45, 2.75) is 38.8 Å². The second-order valence-electron chi connectivity index (χ2n) is 5.91. The Hall–Kier alpha value is -1.15. The predicted octanol–water partition coefficient (Wildman–Crippen LogP) is 3.33. The molecule has 0 radical (unpaired) electrons. The van der Waals surface area contributed by atoms with E-state index in [0.717, 1.165) is 17.8 Å². The lowest BCUT2D eigenvalue weighted by Crippen LogP contribution is -2.37. The zero-order valence-electron chi connectivity index (χ0n) is 11.2. The van der Waals surface area contributed by atoms with E-state index in [1.807, 2.05) is 18.5 Å². The molecule has 5 unspecified atom stereocenters. The van der Waals surface area contributed by atoms with E-state index >= 15 is 0 Å². The number of hydrogen-bond donors (Lipinski definition) is 1. The normalized spacial score (nSPS) is 32.7. The highest BCUT2D eigenvalue weighted by atomic mass is 15.0. The number of allylic oxidation sites excluding steroid dienone is 2. The highest BCUT2D eigenvalue weighted by Gasteiger charge is 2.38. The molecule has 0 amide bonds. The fraction of sp³-hybridized carbons (Fsp3) is 0.562. The Morgan fingerprint density at radius 1 is 1.28 bits per heavy atom. The molecule has 0 saturated heterocycles. The number of aromatic nitrogens is 1. The predicted molar refractivity (Wildman–Crippen MR) is 74.1 cm³/mol. The zero-order valence-corrected chi connectivity index (χ0v) is 11.2. The molecule has 0 spiro atoms. The maximum absolute atomic E-state index is 4.20. The highest BCUT2D eigenvalue weighted by molar-refractivity contribution is 5.15. The van der Waals surface area contributed by atoms with Crippen LogP contribution in [0.3, 0.4) is 0 Å². The lowest BCUT2D eigenvalue weighted by molar-refractivity contribution is 0.307. The highest BCUT2D eigenvalue weighted by Crippen LogP contribution is 2.45. The molecule has 96 valence electrons. The number of nitrogens with zero attached hydrogens (tertiary/aromatic N) is 1. The zero-order chi connectivity index (χ0) is 12.5. The molecule has 3 rings (SSSR count). The van der Waals surface area contributed by atoms with Crippen molar-refractivity contribution in [3.8, 4) is 0 Å². The van der Waals surface area contributed by atoms with Gasteiger partial charge in [0, 0.05) is 24.5 Å². The largest absolute Gasteiger partial charge is 0.307 e. The van der Waals surface area contributed by atoms with Gasteiger partial charge in [-0.3, -0.25) is 4.98 Å². The van der Waals surface area contributed by atoms with E-state index in [1.165, 1.54) is 18.4 Å². The summed E-state index contributed by atoms with van der Waals surface area (Å²) in [5.74, 6) is 2.50. The van der Waals surface area contributed by atoms with Gasteiger partial charge in [0.15, 0.2) is 0 Å². The van der Waals surface area contributed by atoms with Crippen LogP contribution in [0.25, 0.3) is 0 Å². The van der Waals surface area contributed by atoms with Crippen LogP contribution in [0.15, 0.2) is 36.7 Å². The molecule has 1 aromatic heterocycles. The summed E-state index contributed by atoms with van der Waals surface area (Å²) in [5.41, 5.74) is 1.28. The SMILES string of the molecule is CC(NC(C)C1CC2C=CC1C2)c1cccnc1. The van der Waals surface area contributed by atoms with Gasteiger partial charge in [0.2, 0.25) is 0 Å². The molecule has 5 atom stereocenters. The maximum Gasteiger partial charge on any atom is 0.0315 e. The first-order valence-corrected chi connectivity index (χ1v) is 7.08. The first-order chi connectivity index (χ1) is 8.74. The molecule has 2 heteroatoms. The summed E-state index contributed by atoms with van der Waals surface area (Å²) >= 11 is 0. The van der Waals surface area contributed by atoms with Gasteiger partial charge < -0.3 is 5.32 Å². The molecule has 2 aliphatic carbocycles. The van der Waals surface area contributed by atoms with Crippen molar-refractivity contribution in [3.63, 3.8) is 0 Å². The fourth-order valence-electron chi connectivity index (χ4n) is 3.64. The topological polar surface area (TPSA) is 24.9 Å². The monoisotopic (exact) mass is 242 g/mol. The summed E-state index contributed by atoms with van der Waals surface area (Å²) in [7, 11) is 0. The van der Waals surface area contributed by atoms with E-state index < -0.39 is 0 Å². The van der Waals surface area contributed by atoms with E-state index in [9.17, 15) is 0 Å². The van der Waals surface area contributed by atoms with Crippen LogP contribution in [0.1, 0.15) is 38.3 Å². The molecule has 2 bridgehead atoms. The van der Waals surface area contributed by atoms with Gasteiger partial charge in [0.1, 0.15) is 0 Å². The Bertz CT molecular complexity index is 426. The third-order valence-electron chi connectivity index (χ3n) is 4.67. The Labute approximate surface area is 110 Å². The summed E-state index contributed by atoms with van der Waals surface area (Å²) in [6.07, 6.45) is 11.4. The Morgan fingerprint density at radius 3 is 2.78 bits per heavy atom. The molecule has 1 saturated carbocycles. The fourth-order valence-corrected chi connectivity index (χ4v) is 3.64. The summed E-state index contributed by atoms with van der Waals surface area (Å²) in [5, 5.41) is 3.75. The average molecular weight is 242 g/mol. The number of nitrogens with one attached hydrogen (secondary N) is 1. The molecular formula is C16H22N2. The van der Waals surface area contributed by atoms with E-state index in [4.69, 9.17) is 0 Å². The van der Waals surface area contributed by atoms with Crippen LogP contribution in [0.4, 0.5) is 0 Å². The molecule has 0 aromatic carbocycles. The van der Waals surface area contributed by atoms with E-state index in [0.29, 0.717) is 12.1 Å². The van der Waals surface area contributed by atoms with Crippen molar-refractivity contribution >= 4 is 0 Å². The number of fused-ring (bicyclic) bond motifs is 2. The van der Waals surface area contributed by atoms with Gasteiger partial charge in [-0.05, 0) is 56.1 Å². The van der Waals surface area contributed by atoms with Crippen LogP contribution in [0, 0.1) is 17.8 Å². The molecule has 1 heterocycles. The Kier molecular flexibility index (Phi) is 3.21. The van der Waals surface area contributed by atoms with Crippen LogP contribution in [-0.4, -0.2) is 11.0 Å². The number of hydrogen-bond acceptors (Lipinski definition) is 2. The van der Waals surface area contributed by atoms with Gasteiger partial charge in [-0.25, -0.2) is 0 Å². The van der Waals surface area contributed by atoms with Gasteiger partial charge in [0.05, 0.1) is 0 Å². The molecule has 2 aliphatic rings. The minimum Gasteiger partial charge on any atom is -0.307 e. The van der Waals surface area contributed by atoms with Gasteiger partial charge in [-0.2, -0.15) is 0 Å². The molecule has 2 nitrogen and oxygen atoms in total. The molecule has 0 aliphatic heterocycles. The number of pyridine rings is 1. The first-order valence-electron chi connectivity index (χ1n) is 7.08. The van der Waals surface area contributed by atoms with Crippen LogP contribution in [0.5, 0.6) is 0 Å². The summed E-state index contributed by atoms with van der Waals surface area (Å²) in [6, 6.07) is 5.13. The van der Waals surface area contributed by atoms with Gasteiger partial charge in [-0.1, -0.05) is 18.2 Å². The van der Waals surface area contributed by atoms with Crippen LogP contribution < -0.4 is 5.32 Å². The van der Waals surface area contributed by atoms with E-state index in [1.54, 1.807) is 0 Å². The lowest BCUT2D eigenvalue weighted by atomic mass is 9.87. The Morgan fingerprint density at radius 2 is 2.17 bits per heavy atom. The van der Waals surface area contributed by atoms with E-state index in [2.05, 4.69) is 42.4 Å². The summed E-state index contributed by atoms with van der Waals surface area (Å²) in [4.78, 5) is 4.20. The van der Waals surface area contributed by atoms with Crippen LogP contribution >= 0.6 is 0 Å². The molecular weight excluding hydrogens is 220 g/mol. The molecule has 1 aromatic rings. The number of rotatable bonds is 4. The van der Waals surface area contributed by atoms with Crippen LogP contribution in [0.2, 0.25) is 0 Å². The maximum atomic E-state index is 4.20. The van der Waals surface area contributed by atoms with Crippen molar-refractivity contribution < 1.29 is 0 Å². The van der Waals surface area contributed by atoms with E-state index in [-0.39, 0.29) is 0 Å². The minimum atomic E-state index is 0.386. The second-order valence-corrected chi connectivity index (χ2v) is 5.91. The third kappa shape index (κ3) is 2.22. The van der Waals surface area contributed by atoms with Gasteiger partial charge >= 0.3 is 0 Å². The molecule has 1 fully saturated rings. The lowest BCUT2D eigenvalue weighted by Gasteiger charge is -2.29. The van der Waals surface area contributed by atoms with Gasteiger partial charge in [0.25, 0.3) is 0 Å². The van der Waals surface area contributed by atoms with Crippen LogP contribution in [-0.2, 0) is 0 Å².